The number of nitrogens with zero attached hydrogens (tertiary/aromatic N) is 3. The second-order valence-electron chi connectivity index (χ2n) is 18.6. The van der Waals surface area contributed by atoms with Crippen molar-refractivity contribution in [2.45, 2.75) is 17.3 Å². The quantitative estimate of drug-likeness (QED) is 0.191. The highest BCUT2D eigenvalue weighted by Gasteiger charge is 2.60. The van der Waals surface area contributed by atoms with Crippen molar-refractivity contribution in [3.8, 4) is 73.3 Å². The van der Waals surface area contributed by atoms with Crippen LogP contribution in [0.15, 0.2) is 218 Å². The number of hydrogen-bond donors (Lipinski definition) is 1. The van der Waals surface area contributed by atoms with Gasteiger partial charge < -0.3 is 5.11 Å². The highest BCUT2D eigenvalue weighted by Crippen LogP contribution is 2.69. The number of hydrogen-bond acceptors (Lipinski definition) is 4. The minimum Gasteiger partial charge on any atom is -0.507 e. The van der Waals surface area contributed by atoms with Crippen LogP contribution in [-0.4, -0.2) is 20.1 Å². The Morgan fingerprint density at radius 2 is 0.824 bits per heavy atom. The Labute approximate surface area is 393 Å². The van der Waals surface area contributed by atoms with Crippen LogP contribution in [0.2, 0.25) is 0 Å². The van der Waals surface area contributed by atoms with Crippen molar-refractivity contribution in [3.63, 3.8) is 0 Å². The van der Waals surface area contributed by atoms with Gasteiger partial charge in [-0.15, -0.1) is 0 Å². The van der Waals surface area contributed by atoms with Gasteiger partial charge >= 0.3 is 0 Å². The number of aromatic nitrogens is 3. The van der Waals surface area contributed by atoms with Gasteiger partial charge in [0.15, 0.2) is 17.5 Å². The lowest BCUT2D eigenvalue weighted by Gasteiger charge is -2.49. The topological polar surface area (TPSA) is 58.9 Å². The third-order valence-corrected chi connectivity index (χ3v) is 15.5. The summed E-state index contributed by atoms with van der Waals surface area (Å²) in [7, 11) is 0. The summed E-state index contributed by atoms with van der Waals surface area (Å²) in [5.74, 6) is 2.08. The fourth-order valence-electron chi connectivity index (χ4n) is 12.8. The molecule has 10 aromatic carbocycles. The second kappa shape index (κ2) is 13.7. The van der Waals surface area contributed by atoms with Gasteiger partial charge in [-0.25, -0.2) is 15.0 Å². The van der Waals surface area contributed by atoms with Crippen LogP contribution in [0, 0.1) is 0 Å². The third-order valence-electron chi connectivity index (χ3n) is 15.5. The number of aromatic hydroxyl groups is 1. The van der Waals surface area contributed by atoms with Gasteiger partial charge in [-0.1, -0.05) is 218 Å². The number of rotatable bonds is 4. The standard InChI is InChI=1S/C64H39N3O/c68-59-45(42-25-15-21-40-37-49(40)42)35-36-47-57-48(62-66-60(39-18-2-1-3-19-39)65-61(67-62)46-26-14-20-38-17-4-5-22-41(38)46)27-16-34-56(57)64(58(47)59)54-32-12-10-30-52(54)63(53-31-11-13-33-55(53)64)50-28-8-6-23-43(50)44-24-7-9-29-51(44)63/h1-36,68H,37H2. The molecule has 0 atom stereocenters. The Hall–Kier alpha value is -8.73. The molecule has 4 aliphatic rings. The van der Waals surface area contributed by atoms with E-state index in [1.54, 1.807) is 0 Å². The summed E-state index contributed by atoms with van der Waals surface area (Å²) in [5.41, 5.74) is 19.5. The number of phenols is 1. The largest absolute Gasteiger partial charge is 0.507 e. The molecule has 0 fully saturated rings. The molecular formula is C64H39N3O. The predicted octanol–water partition coefficient (Wildman–Crippen LogP) is 14.3. The van der Waals surface area contributed by atoms with Crippen molar-refractivity contribution in [1.82, 2.24) is 15.0 Å². The molecule has 1 aromatic heterocycles. The van der Waals surface area contributed by atoms with Crippen molar-refractivity contribution >= 4 is 10.8 Å². The summed E-state index contributed by atoms with van der Waals surface area (Å²) < 4.78 is 0. The molecule has 0 amide bonds. The van der Waals surface area contributed by atoms with E-state index in [-0.39, 0.29) is 0 Å². The van der Waals surface area contributed by atoms with E-state index in [0.29, 0.717) is 23.2 Å². The number of benzene rings is 10. The highest BCUT2D eigenvalue weighted by molar-refractivity contribution is 6.01. The highest BCUT2D eigenvalue weighted by atomic mass is 16.3. The summed E-state index contributed by atoms with van der Waals surface area (Å²) in [5, 5.41) is 15.7. The predicted molar refractivity (Wildman–Crippen MR) is 272 cm³/mol. The molecule has 0 radical (unpaired) electrons. The van der Waals surface area contributed by atoms with Gasteiger partial charge in [-0.05, 0) is 95.1 Å². The maximum absolute atomic E-state index is 13.5. The van der Waals surface area contributed by atoms with E-state index in [2.05, 4.69) is 200 Å². The summed E-state index contributed by atoms with van der Waals surface area (Å²) in [6.45, 7) is 0. The molecule has 1 heterocycles. The maximum atomic E-state index is 13.5. The zero-order valence-corrected chi connectivity index (χ0v) is 36.8. The molecule has 4 heteroatoms. The zero-order valence-electron chi connectivity index (χ0n) is 36.8. The van der Waals surface area contributed by atoms with Crippen LogP contribution in [0.25, 0.3) is 78.3 Å². The van der Waals surface area contributed by atoms with E-state index in [1.807, 2.05) is 18.2 Å². The molecule has 11 aromatic rings. The summed E-state index contributed by atoms with van der Waals surface area (Å²) in [6.07, 6.45) is 0.934. The maximum Gasteiger partial charge on any atom is 0.164 e. The molecule has 1 N–H and O–H groups in total. The SMILES string of the molecule is Oc1c(-c2cccc3c2C3)ccc2c1C1(c3ccccc3C3(c4ccccc4-c4ccccc43)c3ccccc31)c1cccc(-c3nc(-c4ccccc4)nc(-c4cccc5ccccc45)n3)c1-2. The van der Waals surface area contributed by atoms with Crippen LogP contribution in [-0.2, 0) is 17.3 Å². The van der Waals surface area contributed by atoms with Gasteiger partial charge in [-0.2, -0.15) is 0 Å². The first-order valence-electron chi connectivity index (χ1n) is 23.5. The van der Waals surface area contributed by atoms with Crippen LogP contribution in [0.5, 0.6) is 5.75 Å². The summed E-state index contributed by atoms with van der Waals surface area (Å²) >= 11 is 0. The van der Waals surface area contributed by atoms with Gasteiger partial charge in [0.05, 0.1) is 10.8 Å². The van der Waals surface area contributed by atoms with E-state index in [4.69, 9.17) is 15.0 Å². The van der Waals surface area contributed by atoms with Crippen LogP contribution >= 0.6 is 0 Å². The molecule has 316 valence electrons. The third kappa shape index (κ3) is 4.76. The van der Waals surface area contributed by atoms with Crippen molar-refractivity contribution in [3.05, 3.63) is 274 Å². The molecule has 15 rings (SSSR count). The lowest BCUT2D eigenvalue weighted by atomic mass is 9.52. The van der Waals surface area contributed by atoms with E-state index < -0.39 is 10.8 Å². The Morgan fingerprint density at radius 1 is 0.338 bits per heavy atom. The average molecular weight is 866 g/mol. The molecule has 0 saturated heterocycles. The normalized spacial score (nSPS) is 14.4. The van der Waals surface area contributed by atoms with Gasteiger partial charge in [0.2, 0.25) is 0 Å². The van der Waals surface area contributed by atoms with E-state index in [1.165, 1.54) is 44.5 Å². The van der Waals surface area contributed by atoms with Crippen LogP contribution in [0.3, 0.4) is 0 Å². The molecule has 0 bridgehead atoms. The molecule has 4 aliphatic carbocycles. The van der Waals surface area contributed by atoms with Crippen molar-refractivity contribution < 1.29 is 5.11 Å². The first-order chi connectivity index (χ1) is 33.7. The Kier molecular flexibility index (Phi) is 7.53. The molecule has 0 unspecified atom stereocenters. The van der Waals surface area contributed by atoms with Crippen LogP contribution in [0.4, 0.5) is 0 Å². The van der Waals surface area contributed by atoms with Gasteiger partial charge in [-0.3, -0.25) is 0 Å². The van der Waals surface area contributed by atoms with Crippen molar-refractivity contribution in [2.24, 2.45) is 0 Å². The summed E-state index contributed by atoms with van der Waals surface area (Å²) in [4.78, 5) is 16.1. The van der Waals surface area contributed by atoms with Crippen molar-refractivity contribution in [1.29, 1.82) is 0 Å². The fourth-order valence-corrected chi connectivity index (χ4v) is 12.8. The van der Waals surface area contributed by atoms with E-state index in [0.717, 1.165) is 78.4 Å². The molecule has 4 nitrogen and oxygen atoms in total. The lowest BCUT2D eigenvalue weighted by molar-refractivity contribution is 0.462. The molecule has 0 saturated carbocycles. The first-order valence-corrected chi connectivity index (χ1v) is 23.5. The van der Waals surface area contributed by atoms with Crippen molar-refractivity contribution in [2.75, 3.05) is 0 Å². The van der Waals surface area contributed by atoms with Crippen LogP contribution in [0.1, 0.15) is 55.6 Å². The smallest absolute Gasteiger partial charge is 0.164 e. The second-order valence-corrected chi connectivity index (χ2v) is 18.6. The first kappa shape index (κ1) is 37.5. The Morgan fingerprint density at radius 3 is 1.54 bits per heavy atom. The Balaban J connectivity index is 1.08. The minimum atomic E-state index is -0.939. The monoisotopic (exact) mass is 865 g/mol. The lowest BCUT2D eigenvalue weighted by Crippen LogP contribution is -2.43. The number of phenolic OH excluding ortho intramolecular Hbond substituents is 1. The summed E-state index contributed by atoms with van der Waals surface area (Å²) in [6, 6.07) is 78.4. The number of fused-ring (bicyclic) bond motifs is 18. The van der Waals surface area contributed by atoms with Gasteiger partial charge in [0.25, 0.3) is 0 Å². The minimum absolute atomic E-state index is 0.301. The van der Waals surface area contributed by atoms with Gasteiger partial charge in [0.1, 0.15) is 5.75 Å². The molecule has 2 spiro atoms. The molecule has 0 aliphatic heterocycles. The zero-order chi connectivity index (χ0) is 44.7. The van der Waals surface area contributed by atoms with E-state index in [9.17, 15) is 5.11 Å². The van der Waals surface area contributed by atoms with Gasteiger partial charge in [0, 0.05) is 27.8 Å². The molecular weight excluding hydrogens is 827 g/mol. The van der Waals surface area contributed by atoms with Crippen LogP contribution < -0.4 is 0 Å². The molecule has 68 heavy (non-hydrogen) atoms. The fraction of sp³-hybridized carbons (Fsp3) is 0.0469. The van der Waals surface area contributed by atoms with E-state index >= 15 is 0 Å². The Bertz CT molecular complexity index is 3880. The average Bonchev–Trinajstić information content (AvgIpc) is 4.07.